The van der Waals surface area contributed by atoms with Crippen molar-refractivity contribution in [3.05, 3.63) is 36.8 Å². The Morgan fingerprint density at radius 1 is 1.35 bits per heavy atom. The van der Waals surface area contributed by atoms with E-state index >= 15 is 0 Å². The molecule has 0 aromatic carbocycles. The molecule has 1 unspecified atom stereocenters. The molecule has 0 fully saturated rings. The summed E-state index contributed by atoms with van der Waals surface area (Å²) >= 11 is 0. The molecule has 0 aliphatic carbocycles. The number of hydrogen-bond acceptors (Lipinski definition) is 5. The summed E-state index contributed by atoms with van der Waals surface area (Å²) < 4.78 is 3.31. The average Bonchev–Trinajstić information content (AvgIpc) is 3.17. The van der Waals surface area contributed by atoms with Crippen molar-refractivity contribution < 1.29 is 19.8 Å². The molecule has 3 aromatic heterocycles. The summed E-state index contributed by atoms with van der Waals surface area (Å²) in [7, 11) is 1.77. The fourth-order valence-corrected chi connectivity index (χ4v) is 2.34. The summed E-state index contributed by atoms with van der Waals surface area (Å²) in [4.78, 5) is 27.7. The Labute approximate surface area is 148 Å². The second kappa shape index (κ2) is 6.48. The van der Waals surface area contributed by atoms with Crippen molar-refractivity contribution in [2.45, 2.75) is 12.5 Å². The van der Waals surface area contributed by atoms with Crippen molar-refractivity contribution in [2.75, 3.05) is 11.9 Å². The van der Waals surface area contributed by atoms with Crippen molar-refractivity contribution in [1.29, 1.82) is 0 Å². The summed E-state index contributed by atoms with van der Waals surface area (Å²) in [5, 5.41) is 27.7. The number of rotatable bonds is 5. The molecule has 0 spiro atoms. The molecule has 0 radical (unpaired) electrons. The third-order valence-corrected chi connectivity index (χ3v) is 3.79. The fraction of sp³-hybridized carbons (Fsp3) is 0.250. The third-order valence-electron chi connectivity index (χ3n) is 3.79. The minimum Gasteiger partial charge on any atom is -0.479 e. The molecule has 4 N–H and O–H groups in total. The van der Waals surface area contributed by atoms with Crippen LogP contribution in [0.5, 0.6) is 0 Å². The highest BCUT2D eigenvalue weighted by Crippen LogP contribution is 2.28. The molecule has 2 amide bonds. The summed E-state index contributed by atoms with van der Waals surface area (Å²) in [6, 6.07) is 4.74. The van der Waals surface area contributed by atoms with E-state index in [9.17, 15) is 14.7 Å². The SMILES string of the molecule is Cn1cc(-c2nc3ccccn3c2NC(=O)NCC(C)(O)C(=O)O)cn1. The van der Waals surface area contributed by atoms with E-state index in [-0.39, 0.29) is 0 Å². The van der Waals surface area contributed by atoms with Gasteiger partial charge in [-0.3, -0.25) is 14.4 Å². The highest BCUT2D eigenvalue weighted by molar-refractivity contribution is 5.93. The number of carbonyl (C=O) groups is 2. The lowest BCUT2D eigenvalue weighted by atomic mass is 10.1. The van der Waals surface area contributed by atoms with Gasteiger partial charge in [0.1, 0.15) is 17.2 Å². The minimum atomic E-state index is -2.07. The Bertz CT molecular complexity index is 974. The standard InChI is InChI=1S/C16H18N6O4/c1-16(26,14(23)24)9-17-15(25)20-13-12(10-7-18-21(2)8-10)19-11-5-3-4-6-22(11)13/h3-8,26H,9H2,1-2H3,(H,23,24)(H2,17,20,25). The van der Waals surface area contributed by atoms with Gasteiger partial charge in [-0.25, -0.2) is 14.6 Å². The summed E-state index contributed by atoms with van der Waals surface area (Å²) in [6.45, 7) is 0.651. The molecule has 10 nitrogen and oxygen atoms in total. The number of carboxylic acids is 1. The van der Waals surface area contributed by atoms with E-state index in [2.05, 4.69) is 20.7 Å². The maximum absolute atomic E-state index is 12.2. The Hall–Kier alpha value is -3.40. The number of pyridine rings is 1. The first kappa shape index (κ1) is 17.4. The Morgan fingerprint density at radius 2 is 2.12 bits per heavy atom. The number of urea groups is 1. The molecule has 0 saturated carbocycles. The molecule has 0 saturated heterocycles. The van der Waals surface area contributed by atoms with Crippen molar-refractivity contribution in [3.8, 4) is 11.3 Å². The van der Waals surface area contributed by atoms with Crippen LogP contribution in [-0.4, -0.2) is 53.5 Å². The first-order valence-electron chi connectivity index (χ1n) is 7.74. The van der Waals surface area contributed by atoms with Gasteiger partial charge in [-0.1, -0.05) is 6.07 Å². The van der Waals surface area contributed by atoms with Crippen LogP contribution in [0.1, 0.15) is 6.92 Å². The van der Waals surface area contributed by atoms with Crippen LogP contribution in [-0.2, 0) is 11.8 Å². The average molecular weight is 358 g/mol. The van der Waals surface area contributed by atoms with Gasteiger partial charge in [0.15, 0.2) is 5.60 Å². The van der Waals surface area contributed by atoms with Gasteiger partial charge in [0.05, 0.1) is 12.7 Å². The van der Waals surface area contributed by atoms with E-state index in [4.69, 9.17) is 5.11 Å². The lowest BCUT2D eigenvalue weighted by Crippen LogP contribution is -2.47. The van der Waals surface area contributed by atoms with Crippen molar-refractivity contribution in [1.82, 2.24) is 24.5 Å². The van der Waals surface area contributed by atoms with E-state index in [0.717, 1.165) is 6.92 Å². The predicted octanol–water partition coefficient (Wildman–Crippen LogP) is 0.692. The molecular weight excluding hydrogens is 340 g/mol. The zero-order chi connectivity index (χ0) is 18.9. The van der Waals surface area contributed by atoms with Crippen LogP contribution in [0.2, 0.25) is 0 Å². The van der Waals surface area contributed by atoms with E-state index in [1.54, 1.807) is 46.9 Å². The molecule has 3 aromatic rings. The van der Waals surface area contributed by atoms with E-state index in [1.807, 2.05) is 6.07 Å². The lowest BCUT2D eigenvalue weighted by molar-refractivity contribution is -0.155. The van der Waals surface area contributed by atoms with Crippen LogP contribution in [0.25, 0.3) is 16.9 Å². The van der Waals surface area contributed by atoms with Gasteiger partial charge in [-0.05, 0) is 19.1 Å². The molecule has 0 aliphatic heterocycles. The third kappa shape index (κ3) is 3.35. The van der Waals surface area contributed by atoms with Crippen LogP contribution < -0.4 is 10.6 Å². The van der Waals surface area contributed by atoms with Gasteiger partial charge in [0.2, 0.25) is 0 Å². The summed E-state index contributed by atoms with van der Waals surface area (Å²) in [6.07, 6.45) is 5.13. The topological polar surface area (TPSA) is 134 Å². The maximum Gasteiger partial charge on any atom is 0.337 e. The number of aryl methyl sites for hydroxylation is 1. The predicted molar refractivity (Wildman–Crippen MR) is 92.7 cm³/mol. The van der Waals surface area contributed by atoms with Gasteiger partial charge < -0.3 is 15.5 Å². The number of hydrogen-bond donors (Lipinski definition) is 4. The smallest absolute Gasteiger partial charge is 0.337 e. The summed E-state index contributed by atoms with van der Waals surface area (Å²) in [5.41, 5.74) is -0.212. The van der Waals surface area contributed by atoms with Gasteiger partial charge in [-0.2, -0.15) is 5.10 Å². The van der Waals surface area contributed by atoms with E-state index < -0.39 is 24.1 Å². The number of carboxylic acid groups (broad SMARTS) is 1. The normalized spacial score (nSPS) is 13.3. The lowest BCUT2D eigenvalue weighted by Gasteiger charge is -2.18. The highest BCUT2D eigenvalue weighted by Gasteiger charge is 2.30. The second-order valence-electron chi connectivity index (χ2n) is 6.03. The number of aliphatic carboxylic acids is 1. The largest absolute Gasteiger partial charge is 0.479 e. The molecule has 0 bridgehead atoms. The summed E-state index contributed by atoms with van der Waals surface area (Å²) in [5.74, 6) is -1.02. The number of aromatic nitrogens is 4. The van der Waals surface area contributed by atoms with Crippen molar-refractivity contribution >= 4 is 23.5 Å². The zero-order valence-corrected chi connectivity index (χ0v) is 14.2. The minimum absolute atomic E-state index is 0.404. The quantitative estimate of drug-likeness (QED) is 0.530. The molecule has 3 heterocycles. The maximum atomic E-state index is 12.2. The van der Waals surface area contributed by atoms with Crippen LogP contribution in [0.4, 0.5) is 10.6 Å². The number of carbonyl (C=O) groups excluding carboxylic acids is 1. The number of aliphatic hydroxyl groups is 1. The number of amides is 2. The number of imidazole rings is 1. The Morgan fingerprint density at radius 3 is 2.77 bits per heavy atom. The second-order valence-corrected chi connectivity index (χ2v) is 6.03. The monoisotopic (exact) mass is 358 g/mol. The number of anilines is 1. The number of nitrogens with zero attached hydrogens (tertiary/aromatic N) is 4. The molecular formula is C16H18N6O4. The number of nitrogens with one attached hydrogen (secondary N) is 2. The first-order valence-corrected chi connectivity index (χ1v) is 7.74. The molecule has 136 valence electrons. The number of fused-ring (bicyclic) bond motifs is 1. The fourth-order valence-electron chi connectivity index (χ4n) is 2.34. The molecule has 0 aliphatic rings. The van der Waals surface area contributed by atoms with E-state index in [1.165, 1.54) is 0 Å². The van der Waals surface area contributed by atoms with Crippen molar-refractivity contribution in [2.24, 2.45) is 7.05 Å². The highest BCUT2D eigenvalue weighted by atomic mass is 16.4. The molecule has 26 heavy (non-hydrogen) atoms. The zero-order valence-electron chi connectivity index (χ0n) is 14.2. The first-order chi connectivity index (χ1) is 12.3. The molecule has 1 atom stereocenters. The van der Waals surface area contributed by atoms with E-state index in [0.29, 0.717) is 22.7 Å². The Balaban J connectivity index is 1.89. The van der Waals surface area contributed by atoms with Crippen LogP contribution in [0, 0.1) is 0 Å². The van der Waals surface area contributed by atoms with Gasteiger partial charge in [0, 0.05) is 25.0 Å². The van der Waals surface area contributed by atoms with Crippen LogP contribution >= 0.6 is 0 Å². The Kier molecular flexibility index (Phi) is 4.34. The van der Waals surface area contributed by atoms with Gasteiger partial charge in [0.25, 0.3) is 0 Å². The van der Waals surface area contributed by atoms with Gasteiger partial charge >= 0.3 is 12.0 Å². The van der Waals surface area contributed by atoms with Crippen LogP contribution in [0.15, 0.2) is 36.8 Å². The van der Waals surface area contributed by atoms with Crippen LogP contribution in [0.3, 0.4) is 0 Å². The molecule has 3 rings (SSSR count). The van der Waals surface area contributed by atoms with Crippen molar-refractivity contribution in [3.63, 3.8) is 0 Å². The van der Waals surface area contributed by atoms with Gasteiger partial charge in [-0.15, -0.1) is 0 Å². The molecule has 10 heteroatoms.